The van der Waals surface area contributed by atoms with Gasteiger partial charge < -0.3 is 4.90 Å². The molecule has 0 aromatic rings. The zero-order valence-corrected chi connectivity index (χ0v) is 15.7. The Hall–Kier alpha value is -1.31. The molecule has 1 aliphatic rings. The summed E-state index contributed by atoms with van der Waals surface area (Å²) in [6.45, 7) is 10.5. The third kappa shape index (κ3) is 9.43. The molecule has 0 unspecified atom stereocenters. The smallest absolute Gasteiger partial charge is 0.222 e. The van der Waals surface area contributed by atoms with E-state index in [2.05, 4.69) is 45.9 Å². The van der Waals surface area contributed by atoms with Gasteiger partial charge >= 0.3 is 0 Å². The van der Waals surface area contributed by atoms with Gasteiger partial charge in [-0.15, -0.1) is 0 Å². The van der Waals surface area contributed by atoms with Gasteiger partial charge in [-0.25, -0.2) is 0 Å². The summed E-state index contributed by atoms with van der Waals surface area (Å²) in [6.07, 6.45) is 15.6. The molecule has 1 saturated heterocycles. The maximum absolute atomic E-state index is 12.0. The third-order valence-electron chi connectivity index (χ3n) is 4.45. The number of likely N-dealkylation sites (tertiary alicyclic amines) is 1. The fraction of sp³-hybridized carbons (Fsp3) is 0.667. The Morgan fingerprint density at radius 2 is 1.57 bits per heavy atom. The topological polar surface area (TPSA) is 20.3 Å². The number of carbonyl (C=O) groups is 1. The second kappa shape index (κ2) is 11.3. The lowest BCUT2D eigenvalue weighted by atomic mass is 10.1. The average molecular weight is 318 g/mol. The molecule has 0 N–H and O–H groups in total. The van der Waals surface area contributed by atoms with Crippen molar-refractivity contribution in [2.45, 2.75) is 79.1 Å². The van der Waals surface area contributed by atoms with Gasteiger partial charge in [0.05, 0.1) is 0 Å². The van der Waals surface area contributed by atoms with Crippen LogP contribution in [0.3, 0.4) is 0 Å². The predicted octanol–water partition coefficient (Wildman–Crippen LogP) is 5.81. The van der Waals surface area contributed by atoms with Crippen molar-refractivity contribution >= 4 is 5.91 Å². The molecule has 130 valence electrons. The van der Waals surface area contributed by atoms with Crippen LogP contribution in [0.15, 0.2) is 34.9 Å². The summed E-state index contributed by atoms with van der Waals surface area (Å²) in [5, 5.41) is 0. The number of amides is 1. The van der Waals surface area contributed by atoms with E-state index < -0.39 is 0 Å². The van der Waals surface area contributed by atoms with Gasteiger partial charge in [0.1, 0.15) is 0 Å². The monoisotopic (exact) mass is 317 g/mol. The Labute approximate surface area is 143 Å². The quantitative estimate of drug-likeness (QED) is 0.517. The van der Waals surface area contributed by atoms with Gasteiger partial charge in [0.25, 0.3) is 0 Å². The number of allylic oxidation sites excluding steroid dienone is 5. The fourth-order valence-corrected chi connectivity index (χ4v) is 2.84. The normalized spacial score (nSPS) is 17.2. The zero-order valence-electron chi connectivity index (χ0n) is 15.7. The van der Waals surface area contributed by atoms with Crippen molar-refractivity contribution in [3.05, 3.63) is 34.9 Å². The maximum Gasteiger partial charge on any atom is 0.222 e. The molecule has 1 fully saturated rings. The van der Waals surface area contributed by atoms with Gasteiger partial charge in [-0.3, -0.25) is 4.79 Å². The number of hydrogen-bond acceptors (Lipinski definition) is 1. The van der Waals surface area contributed by atoms with E-state index in [1.54, 1.807) is 0 Å². The molecule has 0 aromatic carbocycles. The summed E-state index contributed by atoms with van der Waals surface area (Å²) in [4.78, 5) is 14.0. The third-order valence-corrected chi connectivity index (χ3v) is 4.45. The highest BCUT2D eigenvalue weighted by Gasteiger charge is 2.14. The first-order chi connectivity index (χ1) is 11.0. The Balaban J connectivity index is 2.30. The summed E-state index contributed by atoms with van der Waals surface area (Å²) in [6, 6.07) is 0. The Morgan fingerprint density at radius 1 is 0.913 bits per heavy atom. The van der Waals surface area contributed by atoms with Gasteiger partial charge in [0.2, 0.25) is 5.91 Å². The second-order valence-electron chi connectivity index (χ2n) is 7.11. The molecular formula is C21H35NO. The Bertz CT molecular complexity index is 452. The molecule has 2 nitrogen and oxygen atoms in total. The van der Waals surface area contributed by atoms with Crippen LogP contribution < -0.4 is 0 Å². The van der Waals surface area contributed by atoms with Crippen molar-refractivity contribution in [1.82, 2.24) is 4.90 Å². The van der Waals surface area contributed by atoms with E-state index in [0.717, 1.165) is 58.0 Å². The standard InChI is InChI=1S/C21H35NO/c1-18(2)10-8-11-19(3)12-9-13-20(4)15-17-22-16-7-5-6-14-21(22)23/h10,12,15H,5-9,11,13-14,16-17H2,1-4H3. The van der Waals surface area contributed by atoms with Gasteiger partial charge in [0, 0.05) is 19.5 Å². The van der Waals surface area contributed by atoms with E-state index in [1.807, 2.05) is 4.90 Å². The molecule has 1 heterocycles. The SMILES string of the molecule is CC(C)=CCCC(C)=CCCC(C)=CCN1CCCCCC1=O. The number of hydrogen-bond donors (Lipinski definition) is 0. The molecule has 0 bridgehead atoms. The summed E-state index contributed by atoms with van der Waals surface area (Å²) in [5.74, 6) is 0.335. The van der Waals surface area contributed by atoms with Crippen LogP contribution in [0, 0.1) is 0 Å². The second-order valence-corrected chi connectivity index (χ2v) is 7.11. The van der Waals surface area contributed by atoms with Crippen molar-refractivity contribution in [3.63, 3.8) is 0 Å². The highest BCUT2D eigenvalue weighted by atomic mass is 16.2. The first kappa shape index (κ1) is 19.7. The maximum atomic E-state index is 12.0. The highest BCUT2D eigenvalue weighted by molar-refractivity contribution is 5.76. The number of nitrogens with zero attached hydrogens (tertiary/aromatic N) is 1. The van der Waals surface area contributed by atoms with Gasteiger partial charge in [-0.1, -0.05) is 41.4 Å². The minimum atomic E-state index is 0.335. The molecule has 0 radical (unpaired) electrons. The molecule has 1 aliphatic heterocycles. The van der Waals surface area contributed by atoms with Gasteiger partial charge in [-0.05, 0) is 66.2 Å². The van der Waals surface area contributed by atoms with Crippen molar-refractivity contribution < 1.29 is 4.79 Å². The van der Waals surface area contributed by atoms with Crippen LogP contribution in [-0.2, 0) is 4.79 Å². The van der Waals surface area contributed by atoms with Crippen LogP contribution >= 0.6 is 0 Å². The molecular weight excluding hydrogens is 282 g/mol. The molecule has 0 aromatic heterocycles. The van der Waals surface area contributed by atoms with E-state index in [1.165, 1.54) is 23.1 Å². The van der Waals surface area contributed by atoms with Gasteiger partial charge in [0.15, 0.2) is 0 Å². The van der Waals surface area contributed by atoms with Crippen LogP contribution in [0.1, 0.15) is 79.1 Å². The van der Waals surface area contributed by atoms with Crippen molar-refractivity contribution in [2.24, 2.45) is 0 Å². The van der Waals surface area contributed by atoms with Crippen LogP contribution in [0.2, 0.25) is 0 Å². The zero-order chi connectivity index (χ0) is 17.1. The minimum absolute atomic E-state index is 0.335. The van der Waals surface area contributed by atoms with Crippen LogP contribution in [0.4, 0.5) is 0 Å². The molecule has 2 heteroatoms. The summed E-state index contributed by atoms with van der Waals surface area (Å²) in [7, 11) is 0. The lowest BCUT2D eigenvalue weighted by Gasteiger charge is -2.18. The van der Waals surface area contributed by atoms with E-state index in [0.29, 0.717) is 5.91 Å². The van der Waals surface area contributed by atoms with Crippen LogP contribution in [0.5, 0.6) is 0 Å². The summed E-state index contributed by atoms with van der Waals surface area (Å²) in [5.41, 5.74) is 4.29. The Morgan fingerprint density at radius 3 is 2.26 bits per heavy atom. The Kier molecular flexibility index (Phi) is 9.66. The van der Waals surface area contributed by atoms with E-state index in [9.17, 15) is 4.79 Å². The first-order valence-corrected chi connectivity index (χ1v) is 9.21. The molecule has 23 heavy (non-hydrogen) atoms. The van der Waals surface area contributed by atoms with Crippen molar-refractivity contribution in [2.75, 3.05) is 13.1 Å². The molecule has 0 aliphatic carbocycles. The minimum Gasteiger partial charge on any atom is -0.339 e. The van der Waals surface area contributed by atoms with Crippen molar-refractivity contribution in [1.29, 1.82) is 0 Å². The summed E-state index contributed by atoms with van der Waals surface area (Å²) < 4.78 is 0. The lowest BCUT2D eigenvalue weighted by molar-refractivity contribution is -0.130. The molecule has 0 spiro atoms. The van der Waals surface area contributed by atoms with Gasteiger partial charge in [-0.2, -0.15) is 0 Å². The largest absolute Gasteiger partial charge is 0.339 e. The summed E-state index contributed by atoms with van der Waals surface area (Å²) >= 11 is 0. The molecule has 0 atom stereocenters. The molecule has 1 amide bonds. The van der Waals surface area contributed by atoms with E-state index in [-0.39, 0.29) is 0 Å². The fourth-order valence-electron chi connectivity index (χ4n) is 2.84. The number of rotatable bonds is 8. The van der Waals surface area contributed by atoms with Crippen LogP contribution in [0.25, 0.3) is 0 Å². The van der Waals surface area contributed by atoms with Crippen LogP contribution in [-0.4, -0.2) is 23.9 Å². The van der Waals surface area contributed by atoms with Crippen molar-refractivity contribution in [3.8, 4) is 0 Å². The number of carbonyl (C=O) groups excluding carboxylic acids is 1. The predicted molar refractivity (Wildman–Crippen MR) is 100 cm³/mol. The lowest BCUT2D eigenvalue weighted by Crippen LogP contribution is -2.30. The highest BCUT2D eigenvalue weighted by Crippen LogP contribution is 2.13. The average Bonchev–Trinajstić information content (AvgIpc) is 2.69. The molecule has 1 rings (SSSR count). The molecule has 0 saturated carbocycles. The van der Waals surface area contributed by atoms with E-state index >= 15 is 0 Å². The first-order valence-electron chi connectivity index (χ1n) is 9.21. The van der Waals surface area contributed by atoms with E-state index in [4.69, 9.17) is 0 Å².